The second-order valence-electron chi connectivity index (χ2n) is 6.07. The molecule has 1 saturated carbocycles. The first-order valence-electron chi connectivity index (χ1n) is 6.04. The van der Waals surface area contributed by atoms with Gasteiger partial charge < -0.3 is 11.1 Å². The van der Waals surface area contributed by atoms with Crippen molar-refractivity contribution in [2.75, 3.05) is 5.73 Å². The van der Waals surface area contributed by atoms with E-state index >= 15 is 0 Å². The lowest BCUT2D eigenvalue weighted by Crippen LogP contribution is -2.22. The SMILES string of the molecule is CC1(C)C(NCc2cccc(F)c2N)C1(C)C. The van der Waals surface area contributed by atoms with Gasteiger partial charge in [0.15, 0.2) is 0 Å². The number of anilines is 1. The van der Waals surface area contributed by atoms with E-state index in [1.807, 2.05) is 6.07 Å². The Morgan fingerprint density at radius 1 is 1.24 bits per heavy atom. The maximum atomic E-state index is 13.3. The van der Waals surface area contributed by atoms with Crippen LogP contribution in [0.1, 0.15) is 33.3 Å². The normalized spacial score (nSPS) is 21.5. The average Bonchev–Trinajstić information content (AvgIpc) is 2.61. The lowest BCUT2D eigenvalue weighted by molar-refractivity contribution is 0.457. The number of hydrogen-bond acceptors (Lipinski definition) is 2. The number of hydrogen-bond donors (Lipinski definition) is 2. The molecule has 3 heteroatoms. The Morgan fingerprint density at radius 3 is 2.35 bits per heavy atom. The highest BCUT2D eigenvalue weighted by molar-refractivity contribution is 5.47. The van der Waals surface area contributed by atoms with Crippen LogP contribution < -0.4 is 11.1 Å². The van der Waals surface area contributed by atoms with Crippen molar-refractivity contribution in [1.82, 2.24) is 5.32 Å². The van der Waals surface area contributed by atoms with Crippen molar-refractivity contribution in [3.63, 3.8) is 0 Å². The first-order valence-corrected chi connectivity index (χ1v) is 6.04. The van der Waals surface area contributed by atoms with Gasteiger partial charge in [-0.15, -0.1) is 0 Å². The van der Waals surface area contributed by atoms with Crippen molar-refractivity contribution < 1.29 is 4.39 Å². The summed E-state index contributed by atoms with van der Waals surface area (Å²) in [7, 11) is 0. The first-order chi connectivity index (χ1) is 7.78. The zero-order valence-electron chi connectivity index (χ0n) is 11.0. The molecule has 0 heterocycles. The lowest BCUT2D eigenvalue weighted by Gasteiger charge is -2.09. The summed E-state index contributed by atoms with van der Waals surface area (Å²) in [5.41, 5.74) is 7.38. The predicted octanol–water partition coefficient (Wildman–Crippen LogP) is 2.93. The molecule has 0 aromatic heterocycles. The molecule has 0 unspecified atom stereocenters. The van der Waals surface area contributed by atoms with Crippen LogP contribution in [0.4, 0.5) is 10.1 Å². The maximum Gasteiger partial charge on any atom is 0.146 e. The zero-order valence-corrected chi connectivity index (χ0v) is 11.0. The summed E-state index contributed by atoms with van der Waals surface area (Å²) in [6.45, 7) is 9.62. The van der Waals surface area contributed by atoms with E-state index in [1.165, 1.54) is 6.07 Å². The van der Waals surface area contributed by atoms with E-state index in [-0.39, 0.29) is 22.3 Å². The molecule has 0 saturated heterocycles. The summed E-state index contributed by atoms with van der Waals surface area (Å²) in [6.07, 6.45) is 0. The van der Waals surface area contributed by atoms with Crippen molar-refractivity contribution in [3.05, 3.63) is 29.6 Å². The lowest BCUT2D eigenvalue weighted by atomic mass is 10.0. The summed E-state index contributed by atoms with van der Waals surface area (Å²) in [6, 6.07) is 5.42. The van der Waals surface area contributed by atoms with Crippen LogP contribution in [0.5, 0.6) is 0 Å². The molecule has 2 rings (SSSR count). The molecule has 2 nitrogen and oxygen atoms in total. The highest BCUT2D eigenvalue weighted by Gasteiger charge is 2.64. The minimum absolute atomic E-state index is 0.260. The van der Waals surface area contributed by atoms with Gasteiger partial charge in [0.2, 0.25) is 0 Å². The van der Waals surface area contributed by atoms with Gasteiger partial charge >= 0.3 is 0 Å². The van der Waals surface area contributed by atoms with Crippen LogP contribution in [-0.4, -0.2) is 6.04 Å². The van der Waals surface area contributed by atoms with Gasteiger partial charge in [-0.2, -0.15) is 0 Å². The second-order valence-corrected chi connectivity index (χ2v) is 6.07. The van der Waals surface area contributed by atoms with Crippen LogP contribution in [-0.2, 0) is 6.54 Å². The monoisotopic (exact) mass is 236 g/mol. The topological polar surface area (TPSA) is 38.0 Å². The average molecular weight is 236 g/mol. The number of nitrogens with one attached hydrogen (secondary N) is 1. The molecule has 1 aromatic carbocycles. The second kappa shape index (κ2) is 3.70. The predicted molar refractivity (Wildman–Crippen MR) is 69.0 cm³/mol. The smallest absolute Gasteiger partial charge is 0.146 e. The zero-order chi connectivity index (χ0) is 12.8. The molecule has 1 aliphatic rings. The quantitative estimate of drug-likeness (QED) is 0.792. The minimum atomic E-state index is -0.335. The molecule has 0 aliphatic heterocycles. The van der Waals surface area contributed by atoms with Crippen LogP contribution in [0, 0.1) is 16.6 Å². The molecule has 1 aromatic rings. The number of para-hydroxylation sites is 1. The van der Waals surface area contributed by atoms with E-state index in [9.17, 15) is 4.39 Å². The van der Waals surface area contributed by atoms with Crippen LogP contribution in [0.3, 0.4) is 0 Å². The standard InChI is InChI=1S/C14H21FN2/c1-13(2)12(14(13,3)4)17-8-9-6-5-7-10(15)11(9)16/h5-7,12,17H,8,16H2,1-4H3. The van der Waals surface area contributed by atoms with Gasteiger partial charge in [-0.3, -0.25) is 0 Å². The van der Waals surface area contributed by atoms with E-state index in [4.69, 9.17) is 5.73 Å². The van der Waals surface area contributed by atoms with Crippen LogP contribution in [0.15, 0.2) is 18.2 Å². The minimum Gasteiger partial charge on any atom is -0.396 e. The summed E-state index contributed by atoms with van der Waals surface area (Å²) in [5, 5.41) is 3.47. The third-order valence-electron chi connectivity index (χ3n) is 4.66. The third-order valence-corrected chi connectivity index (χ3v) is 4.66. The number of nitrogen functional groups attached to an aromatic ring is 1. The number of benzene rings is 1. The van der Waals surface area contributed by atoms with E-state index in [0.717, 1.165) is 5.56 Å². The van der Waals surface area contributed by atoms with Gasteiger partial charge in [-0.25, -0.2) is 4.39 Å². The van der Waals surface area contributed by atoms with Gasteiger partial charge in [0.1, 0.15) is 5.82 Å². The van der Waals surface area contributed by atoms with Gasteiger partial charge in [-0.05, 0) is 22.5 Å². The Kier molecular flexibility index (Phi) is 2.69. The van der Waals surface area contributed by atoms with E-state index in [1.54, 1.807) is 6.07 Å². The van der Waals surface area contributed by atoms with Crippen LogP contribution in [0.25, 0.3) is 0 Å². The first kappa shape index (κ1) is 12.4. The van der Waals surface area contributed by atoms with E-state index < -0.39 is 0 Å². The molecule has 0 amide bonds. The fourth-order valence-corrected chi connectivity index (χ4v) is 2.65. The Bertz CT molecular complexity index is 424. The van der Waals surface area contributed by atoms with Gasteiger partial charge in [-0.1, -0.05) is 39.8 Å². The molecule has 0 radical (unpaired) electrons. The fraction of sp³-hybridized carbons (Fsp3) is 0.571. The van der Waals surface area contributed by atoms with Crippen molar-refractivity contribution in [2.24, 2.45) is 10.8 Å². The third kappa shape index (κ3) is 1.82. The van der Waals surface area contributed by atoms with Crippen molar-refractivity contribution >= 4 is 5.69 Å². The number of rotatable bonds is 3. The molecule has 0 spiro atoms. The molecule has 0 bridgehead atoms. The molecule has 1 fully saturated rings. The van der Waals surface area contributed by atoms with Gasteiger partial charge in [0.05, 0.1) is 5.69 Å². The Morgan fingerprint density at radius 2 is 1.82 bits per heavy atom. The van der Waals surface area contributed by atoms with Crippen molar-refractivity contribution in [3.8, 4) is 0 Å². The summed E-state index contributed by atoms with van der Waals surface area (Å²) < 4.78 is 13.3. The van der Waals surface area contributed by atoms with Gasteiger partial charge in [0, 0.05) is 12.6 Å². The Balaban J connectivity index is 2.03. The summed E-state index contributed by atoms with van der Waals surface area (Å²) >= 11 is 0. The van der Waals surface area contributed by atoms with E-state index in [2.05, 4.69) is 33.0 Å². The number of halogens is 1. The van der Waals surface area contributed by atoms with Crippen molar-refractivity contribution in [1.29, 1.82) is 0 Å². The Labute approximate surface area is 102 Å². The highest BCUT2D eigenvalue weighted by atomic mass is 19.1. The molecule has 3 N–H and O–H groups in total. The van der Waals surface area contributed by atoms with Crippen molar-refractivity contribution in [2.45, 2.75) is 40.3 Å². The fourth-order valence-electron chi connectivity index (χ4n) is 2.65. The largest absolute Gasteiger partial charge is 0.396 e. The highest BCUT2D eigenvalue weighted by Crippen LogP contribution is 2.62. The summed E-state index contributed by atoms with van der Waals surface area (Å²) in [4.78, 5) is 0. The van der Waals surface area contributed by atoms with Gasteiger partial charge in [0.25, 0.3) is 0 Å². The molecule has 17 heavy (non-hydrogen) atoms. The van der Waals surface area contributed by atoms with Crippen LogP contribution in [0.2, 0.25) is 0 Å². The molecule has 1 aliphatic carbocycles. The molecule has 0 atom stereocenters. The summed E-state index contributed by atoms with van der Waals surface area (Å²) in [5.74, 6) is -0.335. The molecule has 94 valence electrons. The Hall–Kier alpha value is -1.09. The van der Waals surface area contributed by atoms with Crippen LogP contribution >= 0.6 is 0 Å². The maximum absolute atomic E-state index is 13.3. The molecular weight excluding hydrogens is 215 g/mol. The molecular formula is C14H21FN2. The number of nitrogens with two attached hydrogens (primary N) is 1. The van der Waals surface area contributed by atoms with E-state index in [0.29, 0.717) is 12.6 Å².